The van der Waals surface area contributed by atoms with Crippen LogP contribution in [0.4, 0.5) is 0 Å². The van der Waals surface area contributed by atoms with Gasteiger partial charge < -0.3 is 9.47 Å². The van der Waals surface area contributed by atoms with Crippen LogP contribution in [0.25, 0.3) is 0 Å². The molecule has 0 radical (unpaired) electrons. The van der Waals surface area contributed by atoms with Crippen LogP contribution in [-0.4, -0.2) is 53.8 Å². The van der Waals surface area contributed by atoms with Gasteiger partial charge in [-0.05, 0) is 13.0 Å². The molecule has 0 N–H and O–H groups in total. The molecule has 1 atom stereocenters. The van der Waals surface area contributed by atoms with E-state index in [1.54, 1.807) is 16.9 Å². The second-order valence-corrected chi connectivity index (χ2v) is 7.37. The normalized spacial score (nSPS) is 19.3. The van der Waals surface area contributed by atoms with Crippen LogP contribution >= 0.6 is 0 Å². The van der Waals surface area contributed by atoms with Gasteiger partial charge in [0.1, 0.15) is 4.90 Å². The zero-order valence-corrected chi connectivity index (χ0v) is 14.4. The molecule has 2 aromatic rings. The van der Waals surface area contributed by atoms with Gasteiger partial charge in [0.15, 0.2) is 0 Å². The second kappa shape index (κ2) is 6.88. The van der Waals surface area contributed by atoms with Crippen LogP contribution in [0.15, 0.2) is 35.6 Å². The van der Waals surface area contributed by atoms with E-state index in [1.165, 1.54) is 16.6 Å². The topological polar surface area (TPSA) is 86.5 Å². The molecule has 2 aromatic heterocycles. The minimum absolute atomic E-state index is 0.151. The van der Waals surface area contributed by atoms with Crippen molar-refractivity contribution in [3.8, 4) is 5.88 Å². The maximum atomic E-state index is 12.8. The van der Waals surface area contributed by atoms with Crippen molar-refractivity contribution >= 4 is 10.0 Å². The summed E-state index contributed by atoms with van der Waals surface area (Å²) in [4.78, 5) is 4.19. The van der Waals surface area contributed by atoms with Gasteiger partial charge in [0.05, 0.1) is 31.7 Å². The van der Waals surface area contributed by atoms with Gasteiger partial charge >= 0.3 is 0 Å². The first-order valence-electron chi connectivity index (χ1n) is 7.70. The third kappa shape index (κ3) is 3.42. The van der Waals surface area contributed by atoms with Gasteiger partial charge in [-0.25, -0.2) is 13.4 Å². The molecule has 3 heterocycles. The maximum Gasteiger partial charge on any atom is 0.244 e. The van der Waals surface area contributed by atoms with E-state index in [0.717, 1.165) is 5.56 Å². The minimum atomic E-state index is -3.62. The van der Waals surface area contributed by atoms with Crippen molar-refractivity contribution in [2.45, 2.75) is 17.9 Å². The molecular weight excluding hydrogens is 332 g/mol. The number of ether oxygens (including phenoxy) is 2. The number of pyridine rings is 1. The Balaban J connectivity index is 1.78. The highest BCUT2D eigenvalue weighted by Gasteiger charge is 2.32. The fourth-order valence-corrected chi connectivity index (χ4v) is 3.92. The van der Waals surface area contributed by atoms with Crippen molar-refractivity contribution in [1.29, 1.82) is 0 Å². The number of hydrogen-bond acceptors (Lipinski definition) is 6. The summed E-state index contributed by atoms with van der Waals surface area (Å²) in [6, 6.07) is 3.08. The Morgan fingerprint density at radius 3 is 2.83 bits per heavy atom. The molecule has 1 saturated heterocycles. The van der Waals surface area contributed by atoms with E-state index in [4.69, 9.17) is 9.47 Å². The Hall–Kier alpha value is -1.97. The van der Waals surface area contributed by atoms with Crippen LogP contribution in [-0.2, 0) is 21.8 Å². The Labute approximate surface area is 141 Å². The number of nitrogens with zero attached hydrogens (tertiary/aromatic N) is 4. The number of aromatic nitrogens is 3. The van der Waals surface area contributed by atoms with Crippen molar-refractivity contribution in [3.05, 3.63) is 36.3 Å². The summed E-state index contributed by atoms with van der Waals surface area (Å²) in [5.41, 5.74) is 0.863. The van der Waals surface area contributed by atoms with E-state index in [9.17, 15) is 8.42 Å². The molecule has 3 rings (SSSR count). The summed E-state index contributed by atoms with van der Waals surface area (Å²) in [5, 5.41) is 4.11. The van der Waals surface area contributed by atoms with Gasteiger partial charge in [0.2, 0.25) is 15.9 Å². The predicted molar refractivity (Wildman–Crippen MR) is 86.1 cm³/mol. The van der Waals surface area contributed by atoms with Crippen LogP contribution < -0.4 is 4.74 Å². The van der Waals surface area contributed by atoms with Crippen LogP contribution in [0, 0.1) is 0 Å². The summed E-state index contributed by atoms with van der Waals surface area (Å²) >= 11 is 0. The summed E-state index contributed by atoms with van der Waals surface area (Å²) < 4.78 is 39.6. The Kier molecular flexibility index (Phi) is 4.83. The molecule has 0 saturated carbocycles. The summed E-state index contributed by atoms with van der Waals surface area (Å²) in [6.07, 6.45) is 4.53. The lowest BCUT2D eigenvalue weighted by Crippen LogP contribution is -2.42. The Bertz CT molecular complexity index is 788. The van der Waals surface area contributed by atoms with Gasteiger partial charge in [-0.3, -0.25) is 4.68 Å². The molecule has 0 aliphatic carbocycles. The van der Waals surface area contributed by atoms with Gasteiger partial charge in [-0.1, -0.05) is 0 Å². The first kappa shape index (κ1) is 16.9. The monoisotopic (exact) mass is 352 g/mol. The molecular formula is C15H20N4O4S. The van der Waals surface area contributed by atoms with E-state index in [1.807, 2.05) is 20.2 Å². The number of morpholine rings is 1. The molecule has 0 amide bonds. The SMILES string of the molecule is CCOc1ccc(S(=O)(=O)N2CCOC(c3cnn(C)c3)C2)cn1. The molecule has 9 heteroatoms. The number of rotatable bonds is 5. The molecule has 0 aromatic carbocycles. The minimum Gasteiger partial charge on any atom is -0.478 e. The predicted octanol–water partition coefficient (Wildman–Crippen LogP) is 0.976. The third-order valence-corrected chi connectivity index (χ3v) is 5.61. The molecule has 0 spiro atoms. The van der Waals surface area contributed by atoms with Gasteiger partial charge in [0.25, 0.3) is 0 Å². The van der Waals surface area contributed by atoms with Crippen molar-refractivity contribution in [2.75, 3.05) is 26.3 Å². The molecule has 0 bridgehead atoms. The molecule has 1 aliphatic heterocycles. The quantitative estimate of drug-likeness (QED) is 0.797. The second-order valence-electron chi connectivity index (χ2n) is 5.43. The Morgan fingerprint density at radius 1 is 1.38 bits per heavy atom. The summed E-state index contributed by atoms with van der Waals surface area (Å²) in [5.74, 6) is 0.409. The number of sulfonamides is 1. The smallest absolute Gasteiger partial charge is 0.244 e. The van der Waals surface area contributed by atoms with E-state index in [-0.39, 0.29) is 17.5 Å². The molecule has 1 fully saturated rings. The van der Waals surface area contributed by atoms with Crippen LogP contribution in [0.3, 0.4) is 0 Å². The fraction of sp³-hybridized carbons (Fsp3) is 0.467. The number of hydrogen-bond donors (Lipinski definition) is 0. The standard InChI is InChI=1S/C15H20N4O4S/c1-3-22-15-5-4-13(9-16-15)24(20,21)19-6-7-23-14(11-19)12-8-17-18(2)10-12/h4-5,8-10,14H,3,6-7,11H2,1-2H3. The first-order chi connectivity index (χ1) is 11.5. The molecule has 24 heavy (non-hydrogen) atoms. The van der Waals surface area contributed by atoms with Crippen LogP contribution in [0.1, 0.15) is 18.6 Å². The molecule has 130 valence electrons. The third-order valence-electron chi connectivity index (χ3n) is 3.77. The highest BCUT2D eigenvalue weighted by molar-refractivity contribution is 7.89. The molecule has 1 aliphatic rings. The lowest BCUT2D eigenvalue weighted by molar-refractivity contribution is -0.00259. The average Bonchev–Trinajstić information content (AvgIpc) is 3.02. The van der Waals surface area contributed by atoms with E-state index >= 15 is 0 Å². The summed E-state index contributed by atoms with van der Waals surface area (Å²) in [7, 11) is -1.81. The largest absolute Gasteiger partial charge is 0.478 e. The van der Waals surface area contributed by atoms with E-state index < -0.39 is 10.0 Å². The van der Waals surface area contributed by atoms with Crippen LogP contribution in [0.2, 0.25) is 0 Å². The van der Waals surface area contributed by atoms with Crippen LogP contribution in [0.5, 0.6) is 5.88 Å². The zero-order chi connectivity index (χ0) is 17.2. The lowest BCUT2D eigenvalue weighted by Gasteiger charge is -2.31. The van der Waals surface area contributed by atoms with Gasteiger partial charge in [0, 0.05) is 38.0 Å². The zero-order valence-electron chi connectivity index (χ0n) is 13.6. The molecule has 1 unspecified atom stereocenters. The Morgan fingerprint density at radius 2 is 2.21 bits per heavy atom. The first-order valence-corrected chi connectivity index (χ1v) is 9.14. The van der Waals surface area contributed by atoms with E-state index in [0.29, 0.717) is 25.6 Å². The average molecular weight is 352 g/mol. The fourth-order valence-electron chi connectivity index (χ4n) is 2.55. The lowest BCUT2D eigenvalue weighted by atomic mass is 10.2. The highest BCUT2D eigenvalue weighted by atomic mass is 32.2. The molecule has 8 nitrogen and oxygen atoms in total. The van der Waals surface area contributed by atoms with Gasteiger partial charge in [-0.2, -0.15) is 9.40 Å². The van der Waals surface area contributed by atoms with E-state index in [2.05, 4.69) is 10.1 Å². The van der Waals surface area contributed by atoms with Crippen molar-refractivity contribution in [2.24, 2.45) is 7.05 Å². The van der Waals surface area contributed by atoms with Crippen molar-refractivity contribution in [3.63, 3.8) is 0 Å². The van der Waals surface area contributed by atoms with Crippen molar-refractivity contribution in [1.82, 2.24) is 19.1 Å². The summed E-state index contributed by atoms with van der Waals surface area (Å²) in [6.45, 7) is 3.23. The maximum absolute atomic E-state index is 12.8. The highest BCUT2D eigenvalue weighted by Crippen LogP contribution is 2.26. The van der Waals surface area contributed by atoms with Gasteiger partial charge in [-0.15, -0.1) is 0 Å². The van der Waals surface area contributed by atoms with Crippen molar-refractivity contribution < 1.29 is 17.9 Å². The number of aryl methyl sites for hydroxylation is 1.